The van der Waals surface area contributed by atoms with Crippen LogP contribution >= 0.6 is 11.6 Å². The molecule has 0 aliphatic rings. The van der Waals surface area contributed by atoms with Crippen molar-refractivity contribution in [1.82, 2.24) is 13.9 Å². The Morgan fingerprint density at radius 2 is 1.57 bits per heavy atom. The molecular formula is C13H22ClN3O4S2. The Morgan fingerprint density at radius 1 is 1.00 bits per heavy atom. The number of hydrogen-bond donors (Lipinski definition) is 1. The van der Waals surface area contributed by atoms with Crippen LogP contribution in [0.4, 0.5) is 0 Å². The minimum atomic E-state index is -3.69. The number of benzene rings is 1. The van der Waals surface area contributed by atoms with Crippen LogP contribution in [0.1, 0.15) is 0 Å². The van der Waals surface area contributed by atoms with Gasteiger partial charge in [-0.05, 0) is 38.4 Å². The van der Waals surface area contributed by atoms with Crippen LogP contribution < -0.4 is 4.72 Å². The number of hydrogen-bond acceptors (Lipinski definition) is 5. The number of nitrogens with one attached hydrogen (secondary N) is 1. The summed E-state index contributed by atoms with van der Waals surface area (Å²) in [5.41, 5.74) is 0. The maximum atomic E-state index is 12.1. The normalized spacial score (nSPS) is 13.0. The van der Waals surface area contributed by atoms with E-state index in [1.54, 1.807) is 0 Å². The summed E-state index contributed by atoms with van der Waals surface area (Å²) in [7, 11) is -3.41. The van der Waals surface area contributed by atoms with Gasteiger partial charge in [0.2, 0.25) is 20.0 Å². The summed E-state index contributed by atoms with van der Waals surface area (Å²) in [6.45, 7) is 0.913. The number of likely N-dealkylation sites (N-methyl/N-ethyl adjacent to an activating group) is 1. The predicted octanol–water partition coefficient (Wildman–Crippen LogP) is 0.442. The molecule has 0 aromatic heterocycles. The van der Waals surface area contributed by atoms with Crippen LogP contribution in [0.25, 0.3) is 0 Å². The fourth-order valence-corrected chi connectivity index (χ4v) is 3.74. The third kappa shape index (κ3) is 7.15. The van der Waals surface area contributed by atoms with E-state index in [2.05, 4.69) is 4.72 Å². The lowest BCUT2D eigenvalue weighted by molar-refractivity contribution is 0.336. The lowest BCUT2D eigenvalue weighted by Gasteiger charge is -2.22. The fourth-order valence-electron chi connectivity index (χ4n) is 1.76. The molecule has 132 valence electrons. The second kappa shape index (κ2) is 8.41. The average Bonchev–Trinajstić information content (AvgIpc) is 2.41. The van der Waals surface area contributed by atoms with Gasteiger partial charge in [0.1, 0.15) is 0 Å². The van der Waals surface area contributed by atoms with Gasteiger partial charge in [0.25, 0.3) is 0 Å². The zero-order valence-corrected chi connectivity index (χ0v) is 15.7. The van der Waals surface area contributed by atoms with E-state index in [-0.39, 0.29) is 18.0 Å². The Labute approximate surface area is 143 Å². The molecule has 0 radical (unpaired) electrons. The highest BCUT2D eigenvalue weighted by atomic mass is 35.5. The molecule has 0 aliphatic carbocycles. The van der Waals surface area contributed by atoms with E-state index in [4.69, 9.17) is 11.6 Å². The van der Waals surface area contributed by atoms with Crippen molar-refractivity contribution in [2.45, 2.75) is 4.90 Å². The Kier molecular flexibility index (Phi) is 7.43. The van der Waals surface area contributed by atoms with E-state index in [0.29, 0.717) is 18.1 Å². The SMILES string of the molecule is CN(C)CCN(CCNS(=O)(=O)c1ccc(Cl)cc1)S(C)(=O)=O. The van der Waals surface area contributed by atoms with Gasteiger partial charge in [-0.15, -0.1) is 0 Å². The van der Waals surface area contributed by atoms with Crippen LogP contribution in [-0.2, 0) is 20.0 Å². The Balaban J connectivity index is 2.66. The third-order valence-corrected chi connectivity index (χ3v) is 6.07. The Morgan fingerprint density at radius 3 is 2.04 bits per heavy atom. The fraction of sp³-hybridized carbons (Fsp3) is 0.538. The van der Waals surface area contributed by atoms with E-state index < -0.39 is 20.0 Å². The molecule has 0 unspecified atom stereocenters. The lowest BCUT2D eigenvalue weighted by Crippen LogP contribution is -2.41. The molecule has 0 saturated heterocycles. The molecule has 0 saturated carbocycles. The Bertz CT molecular complexity index is 703. The Hall–Kier alpha value is -0.710. The molecule has 0 spiro atoms. The van der Waals surface area contributed by atoms with Gasteiger partial charge < -0.3 is 4.90 Å². The summed E-state index contributed by atoms with van der Waals surface area (Å²) >= 11 is 5.73. The molecule has 0 fully saturated rings. The smallest absolute Gasteiger partial charge is 0.240 e. The summed E-state index contributed by atoms with van der Waals surface area (Å²) < 4.78 is 51.3. The number of nitrogens with zero attached hydrogens (tertiary/aromatic N) is 2. The van der Waals surface area contributed by atoms with Crippen molar-refractivity contribution in [1.29, 1.82) is 0 Å². The molecule has 1 aromatic carbocycles. The molecule has 7 nitrogen and oxygen atoms in total. The van der Waals surface area contributed by atoms with Crippen molar-refractivity contribution in [3.63, 3.8) is 0 Å². The van der Waals surface area contributed by atoms with Gasteiger partial charge in [-0.1, -0.05) is 11.6 Å². The zero-order valence-electron chi connectivity index (χ0n) is 13.4. The predicted molar refractivity (Wildman–Crippen MR) is 91.6 cm³/mol. The molecule has 1 rings (SSSR count). The quantitative estimate of drug-likeness (QED) is 0.668. The van der Waals surface area contributed by atoms with Gasteiger partial charge in [-0.2, -0.15) is 4.31 Å². The molecule has 0 aliphatic heterocycles. The van der Waals surface area contributed by atoms with Gasteiger partial charge in [0.05, 0.1) is 11.2 Å². The van der Waals surface area contributed by atoms with E-state index in [1.165, 1.54) is 28.6 Å². The average molecular weight is 384 g/mol. The summed E-state index contributed by atoms with van der Waals surface area (Å²) in [6.07, 6.45) is 1.11. The first-order chi connectivity index (χ1) is 10.5. The highest BCUT2D eigenvalue weighted by Crippen LogP contribution is 2.13. The summed E-state index contributed by atoms with van der Waals surface area (Å²) in [5, 5.41) is 0.441. The van der Waals surface area contributed by atoms with Crippen LogP contribution in [0.5, 0.6) is 0 Å². The van der Waals surface area contributed by atoms with E-state index in [1.807, 2.05) is 19.0 Å². The maximum absolute atomic E-state index is 12.1. The first kappa shape index (κ1) is 20.3. The van der Waals surface area contributed by atoms with E-state index in [0.717, 1.165) is 6.26 Å². The van der Waals surface area contributed by atoms with Crippen molar-refractivity contribution in [3.8, 4) is 0 Å². The van der Waals surface area contributed by atoms with Gasteiger partial charge in [0, 0.05) is 31.2 Å². The van der Waals surface area contributed by atoms with Crippen LogP contribution in [0.15, 0.2) is 29.2 Å². The molecule has 0 amide bonds. The highest BCUT2D eigenvalue weighted by molar-refractivity contribution is 7.89. The largest absolute Gasteiger partial charge is 0.308 e. The summed E-state index contributed by atoms with van der Waals surface area (Å²) in [6, 6.07) is 5.75. The monoisotopic (exact) mass is 383 g/mol. The second-order valence-electron chi connectivity index (χ2n) is 5.32. The topological polar surface area (TPSA) is 86.8 Å². The molecule has 1 aromatic rings. The maximum Gasteiger partial charge on any atom is 0.240 e. The highest BCUT2D eigenvalue weighted by Gasteiger charge is 2.18. The molecule has 0 atom stereocenters. The molecular weight excluding hydrogens is 362 g/mol. The minimum Gasteiger partial charge on any atom is -0.308 e. The van der Waals surface area contributed by atoms with Crippen molar-refractivity contribution >= 4 is 31.6 Å². The molecule has 0 bridgehead atoms. The van der Waals surface area contributed by atoms with Gasteiger partial charge in [0.15, 0.2) is 0 Å². The molecule has 10 heteroatoms. The third-order valence-electron chi connectivity index (χ3n) is 3.04. The van der Waals surface area contributed by atoms with Crippen LogP contribution in [0.3, 0.4) is 0 Å². The van der Waals surface area contributed by atoms with Crippen LogP contribution in [0.2, 0.25) is 5.02 Å². The first-order valence-electron chi connectivity index (χ1n) is 6.87. The molecule has 1 N–H and O–H groups in total. The van der Waals surface area contributed by atoms with Crippen molar-refractivity contribution in [2.24, 2.45) is 0 Å². The van der Waals surface area contributed by atoms with Crippen molar-refractivity contribution in [2.75, 3.05) is 46.5 Å². The zero-order chi connectivity index (χ0) is 17.7. The molecule has 0 heterocycles. The minimum absolute atomic E-state index is 0.00847. The standard InChI is InChI=1S/C13H22ClN3O4S2/c1-16(2)10-11-17(22(3,18)19)9-8-15-23(20,21)13-6-4-12(14)5-7-13/h4-7,15H,8-11H2,1-3H3. The van der Waals surface area contributed by atoms with Crippen LogP contribution in [0, 0.1) is 0 Å². The van der Waals surface area contributed by atoms with Gasteiger partial charge in [-0.3, -0.25) is 0 Å². The second-order valence-corrected chi connectivity index (χ2v) is 9.50. The van der Waals surface area contributed by atoms with E-state index >= 15 is 0 Å². The van der Waals surface area contributed by atoms with Crippen molar-refractivity contribution in [3.05, 3.63) is 29.3 Å². The van der Waals surface area contributed by atoms with Gasteiger partial charge in [-0.25, -0.2) is 21.6 Å². The van der Waals surface area contributed by atoms with E-state index in [9.17, 15) is 16.8 Å². The summed E-state index contributed by atoms with van der Waals surface area (Å²) in [5.74, 6) is 0. The van der Waals surface area contributed by atoms with Gasteiger partial charge >= 0.3 is 0 Å². The van der Waals surface area contributed by atoms with Crippen LogP contribution in [-0.4, -0.2) is 72.6 Å². The number of sulfonamides is 2. The first-order valence-corrected chi connectivity index (χ1v) is 10.6. The number of rotatable bonds is 9. The lowest BCUT2D eigenvalue weighted by atomic mass is 10.4. The summed E-state index contributed by atoms with van der Waals surface area (Å²) in [4.78, 5) is 1.94. The molecule has 23 heavy (non-hydrogen) atoms. The number of halogens is 1. The van der Waals surface area contributed by atoms with Crippen molar-refractivity contribution < 1.29 is 16.8 Å².